The summed E-state index contributed by atoms with van der Waals surface area (Å²) in [6.07, 6.45) is 5.07. The standard InChI is InChI=1S/C23H31NO3/c1-7-8-11-14-24(19-13-10-9-12-18(19)22(2,3)4)21(26)20-15-17(25)16-23(5,6)27-20/h7,9-10,12-13,15H,1,8,11,14,16H2,2-6H3. The molecule has 0 aliphatic carbocycles. The van der Waals surface area contributed by atoms with E-state index < -0.39 is 5.60 Å². The summed E-state index contributed by atoms with van der Waals surface area (Å²) in [5.74, 6) is -0.222. The molecule has 0 saturated carbocycles. The van der Waals surface area contributed by atoms with E-state index in [4.69, 9.17) is 4.74 Å². The molecule has 0 radical (unpaired) electrons. The van der Waals surface area contributed by atoms with Gasteiger partial charge in [-0.2, -0.15) is 0 Å². The van der Waals surface area contributed by atoms with E-state index in [1.165, 1.54) is 6.08 Å². The number of carbonyl (C=O) groups is 2. The van der Waals surface area contributed by atoms with Gasteiger partial charge in [0.15, 0.2) is 11.5 Å². The molecule has 1 aliphatic rings. The Labute approximate surface area is 162 Å². The van der Waals surface area contributed by atoms with Crippen molar-refractivity contribution in [2.24, 2.45) is 0 Å². The van der Waals surface area contributed by atoms with Gasteiger partial charge in [-0.15, -0.1) is 6.58 Å². The maximum atomic E-state index is 13.4. The Balaban J connectivity index is 2.45. The van der Waals surface area contributed by atoms with Crippen molar-refractivity contribution < 1.29 is 14.3 Å². The van der Waals surface area contributed by atoms with Gasteiger partial charge in [-0.1, -0.05) is 45.0 Å². The van der Waals surface area contributed by atoms with Crippen LogP contribution in [0, 0.1) is 0 Å². The molecular weight excluding hydrogens is 338 g/mol. The highest BCUT2D eigenvalue weighted by atomic mass is 16.5. The van der Waals surface area contributed by atoms with E-state index in [0.717, 1.165) is 24.1 Å². The Morgan fingerprint density at radius 2 is 1.96 bits per heavy atom. The van der Waals surface area contributed by atoms with E-state index in [9.17, 15) is 9.59 Å². The SMILES string of the molecule is C=CCCCN(C(=O)C1=CC(=O)CC(C)(C)O1)c1ccccc1C(C)(C)C. The number of unbranched alkanes of at least 4 members (excludes halogenated alkanes) is 1. The van der Waals surface area contributed by atoms with E-state index in [1.807, 2.05) is 44.2 Å². The maximum absolute atomic E-state index is 13.4. The molecule has 0 fully saturated rings. The second-order valence-corrected chi connectivity index (χ2v) is 8.67. The fraction of sp³-hybridized carbons (Fsp3) is 0.478. The number of allylic oxidation sites excluding steroid dienone is 2. The zero-order valence-electron chi connectivity index (χ0n) is 17.2. The molecule has 0 aromatic heterocycles. The van der Waals surface area contributed by atoms with Crippen molar-refractivity contribution in [2.45, 2.75) is 64.9 Å². The van der Waals surface area contributed by atoms with Gasteiger partial charge in [-0.25, -0.2) is 0 Å². The number of hydrogen-bond acceptors (Lipinski definition) is 3. The number of nitrogens with zero attached hydrogens (tertiary/aromatic N) is 1. The Hall–Kier alpha value is -2.36. The Kier molecular flexibility index (Phi) is 6.30. The molecule has 0 N–H and O–H groups in total. The first-order valence-corrected chi connectivity index (χ1v) is 9.51. The normalized spacial score (nSPS) is 16.3. The number of benzene rings is 1. The third-order valence-electron chi connectivity index (χ3n) is 4.53. The van der Waals surface area contributed by atoms with E-state index in [2.05, 4.69) is 27.4 Å². The van der Waals surface area contributed by atoms with Crippen molar-refractivity contribution >= 4 is 17.4 Å². The lowest BCUT2D eigenvalue weighted by Crippen LogP contribution is -2.40. The van der Waals surface area contributed by atoms with E-state index in [0.29, 0.717) is 6.54 Å². The fourth-order valence-electron chi connectivity index (χ4n) is 3.29. The first-order chi connectivity index (χ1) is 12.5. The number of ketones is 1. The van der Waals surface area contributed by atoms with Crippen LogP contribution in [0.1, 0.15) is 59.4 Å². The zero-order chi connectivity index (χ0) is 20.2. The number of carbonyl (C=O) groups excluding carboxylic acids is 2. The molecule has 1 aliphatic heterocycles. The number of ether oxygens (including phenoxy) is 1. The van der Waals surface area contributed by atoms with Crippen LogP contribution in [0.5, 0.6) is 0 Å². The molecule has 27 heavy (non-hydrogen) atoms. The molecule has 146 valence electrons. The lowest BCUT2D eigenvalue weighted by molar-refractivity contribution is -0.129. The van der Waals surface area contributed by atoms with Gasteiger partial charge in [0, 0.05) is 24.7 Å². The highest BCUT2D eigenvalue weighted by molar-refractivity contribution is 6.09. The lowest BCUT2D eigenvalue weighted by atomic mass is 9.85. The van der Waals surface area contributed by atoms with Crippen molar-refractivity contribution in [1.29, 1.82) is 0 Å². The van der Waals surface area contributed by atoms with Gasteiger partial charge >= 0.3 is 0 Å². The molecule has 0 bridgehead atoms. The minimum atomic E-state index is -0.673. The molecule has 1 amide bonds. The monoisotopic (exact) mass is 369 g/mol. The van der Waals surface area contributed by atoms with Gasteiger partial charge in [-0.05, 0) is 43.7 Å². The quantitative estimate of drug-likeness (QED) is 0.527. The third kappa shape index (κ3) is 5.31. The predicted molar refractivity (Wildman–Crippen MR) is 110 cm³/mol. The van der Waals surface area contributed by atoms with Gasteiger partial charge in [0.2, 0.25) is 0 Å². The van der Waals surface area contributed by atoms with Gasteiger partial charge in [0.1, 0.15) is 5.60 Å². The van der Waals surface area contributed by atoms with Crippen LogP contribution in [-0.2, 0) is 19.7 Å². The number of amides is 1. The first-order valence-electron chi connectivity index (χ1n) is 9.51. The predicted octanol–water partition coefficient (Wildman–Crippen LogP) is 4.94. The summed E-state index contributed by atoms with van der Waals surface area (Å²) in [5, 5.41) is 0. The number of rotatable bonds is 6. The lowest BCUT2D eigenvalue weighted by Gasteiger charge is -2.34. The summed E-state index contributed by atoms with van der Waals surface area (Å²) in [6, 6.07) is 7.93. The van der Waals surface area contributed by atoms with Crippen molar-refractivity contribution in [3.8, 4) is 0 Å². The summed E-state index contributed by atoms with van der Waals surface area (Å²) in [7, 11) is 0. The molecule has 0 unspecified atom stereocenters. The average Bonchev–Trinajstić information content (AvgIpc) is 2.56. The van der Waals surface area contributed by atoms with E-state index in [-0.39, 0.29) is 29.3 Å². The first kappa shape index (κ1) is 20.9. The Morgan fingerprint density at radius 1 is 1.30 bits per heavy atom. The summed E-state index contributed by atoms with van der Waals surface area (Å²) in [6.45, 7) is 14.3. The van der Waals surface area contributed by atoms with Crippen molar-refractivity contribution in [1.82, 2.24) is 0 Å². The van der Waals surface area contributed by atoms with E-state index in [1.54, 1.807) is 4.90 Å². The molecule has 1 aromatic rings. The molecule has 2 rings (SSSR count). The minimum absolute atomic E-state index is 0.0789. The zero-order valence-corrected chi connectivity index (χ0v) is 17.2. The smallest absolute Gasteiger partial charge is 0.293 e. The van der Waals surface area contributed by atoms with Gasteiger partial charge < -0.3 is 9.64 Å². The van der Waals surface area contributed by atoms with Crippen LogP contribution < -0.4 is 4.90 Å². The second-order valence-electron chi connectivity index (χ2n) is 8.67. The van der Waals surface area contributed by atoms with Gasteiger partial charge in [0.05, 0.1) is 0 Å². The maximum Gasteiger partial charge on any atom is 0.293 e. The summed E-state index contributed by atoms with van der Waals surface area (Å²) >= 11 is 0. The van der Waals surface area contributed by atoms with Crippen molar-refractivity contribution in [2.75, 3.05) is 11.4 Å². The van der Waals surface area contributed by atoms with Gasteiger partial charge in [-0.3, -0.25) is 9.59 Å². The number of hydrogen-bond donors (Lipinski definition) is 0. The summed E-state index contributed by atoms with van der Waals surface area (Å²) < 4.78 is 5.87. The van der Waals surface area contributed by atoms with Gasteiger partial charge in [0.25, 0.3) is 5.91 Å². The molecule has 1 heterocycles. The number of para-hydroxylation sites is 1. The molecule has 0 atom stereocenters. The molecule has 0 saturated heterocycles. The summed E-state index contributed by atoms with van der Waals surface area (Å²) in [4.78, 5) is 27.2. The largest absolute Gasteiger partial charge is 0.481 e. The average molecular weight is 370 g/mol. The summed E-state index contributed by atoms with van der Waals surface area (Å²) in [5.41, 5.74) is 1.15. The van der Waals surface area contributed by atoms with Crippen LogP contribution in [0.2, 0.25) is 0 Å². The van der Waals surface area contributed by atoms with Crippen LogP contribution in [0.4, 0.5) is 5.69 Å². The van der Waals surface area contributed by atoms with Crippen LogP contribution in [0.15, 0.2) is 48.8 Å². The molecule has 4 nitrogen and oxygen atoms in total. The fourth-order valence-corrected chi connectivity index (χ4v) is 3.29. The van der Waals surface area contributed by atoms with Crippen LogP contribution in [0.25, 0.3) is 0 Å². The van der Waals surface area contributed by atoms with Crippen LogP contribution in [0.3, 0.4) is 0 Å². The molecule has 0 spiro atoms. The topological polar surface area (TPSA) is 46.6 Å². The van der Waals surface area contributed by atoms with Crippen molar-refractivity contribution in [3.63, 3.8) is 0 Å². The molecular formula is C23H31NO3. The van der Waals surface area contributed by atoms with Crippen LogP contribution in [-0.4, -0.2) is 23.8 Å². The van der Waals surface area contributed by atoms with Crippen molar-refractivity contribution in [3.05, 3.63) is 54.3 Å². The minimum Gasteiger partial charge on any atom is -0.481 e. The highest BCUT2D eigenvalue weighted by Crippen LogP contribution is 2.34. The third-order valence-corrected chi connectivity index (χ3v) is 4.53. The second kappa shape index (κ2) is 8.12. The highest BCUT2D eigenvalue weighted by Gasteiger charge is 2.35. The van der Waals surface area contributed by atoms with E-state index >= 15 is 0 Å². The Bertz CT molecular complexity index is 753. The van der Waals surface area contributed by atoms with Crippen LogP contribution >= 0.6 is 0 Å². The molecule has 1 aromatic carbocycles. The molecule has 4 heteroatoms. The Morgan fingerprint density at radius 3 is 2.56 bits per heavy atom. The number of anilines is 1.